The Morgan fingerprint density at radius 2 is 1.79 bits per heavy atom. The molecular weight excluding hydrogens is 262 g/mol. The van der Waals surface area contributed by atoms with E-state index in [1.54, 1.807) is 4.90 Å². The van der Waals surface area contributed by atoms with Gasteiger partial charge < -0.3 is 16.4 Å². The van der Waals surface area contributed by atoms with E-state index in [1.165, 1.54) is 0 Å². The molecule has 1 fully saturated rings. The molecule has 1 atom stereocenters. The van der Waals surface area contributed by atoms with Gasteiger partial charge in [-0.05, 0) is 24.7 Å². The van der Waals surface area contributed by atoms with Gasteiger partial charge >= 0.3 is 0 Å². The van der Waals surface area contributed by atoms with Gasteiger partial charge in [-0.2, -0.15) is 0 Å². The molecule has 1 aliphatic heterocycles. The Labute approximate surface area is 119 Å². The number of primary amides is 1. The summed E-state index contributed by atoms with van der Waals surface area (Å²) in [6, 6.07) is 0. The van der Waals surface area contributed by atoms with Crippen LogP contribution in [0.2, 0.25) is 0 Å². The lowest BCUT2D eigenvalue weighted by Crippen LogP contribution is -2.47. The Morgan fingerprint density at radius 1 is 1.26 bits per heavy atom. The van der Waals surface area contributed by atoms with Crippen LogP contribution in [-0.2, 0) is 9.59 Å². The lowest BCUT2D eigenvalue weighted by molar-refractivity contribution is -0.135. The summed E-state index contributed by atoms with van der Waals surface area (Å²) < 4.78 is 0. The molecule has 0 aliphatic carbocycles. The number of nitrogens with zero attached hydrogens (tertiary/aromatic N) is 1. The van der Waals surface area contributed by atoms with E-state index in [2.05, 4.69) is 0 Å². The highest BCUT2D eigenvalue weighted by atomic mass is 32.1. The Morgan fingerprint density at radius 3 is 2.16 bits per heavy atom. The van der Waals surface area contributed by atoms with Gasteiger partial charge in [-0.1, -0.05) is 26.1 Å². The van der Waals surface area contributed by atoms with Crippen LogP contribution in [0.5, 0.6) is 0 Å². The third kappa shape index (κ3) is 4.45. The van der Waals surface area contributed by atoms with Crippen LogP contribution in [0.1, 0.15) is 33.1 Å². The first kappa shape index (κ1) is 15.9. The molecule has 4 N–H and O–H groups in total. The lowest BCUT2D eigenvalue weighted by atomic mass is 9.90. The molecule has 1 aliphatic rings. The van der Waals surface area contributed by atoms with Gasteiger partial charge in [0.1, 0.15) is 0 Å². The highest BCUT2D eigenvalue weighted by molar-refractivity contribution is 7.80. The number of likely N-dealkylation sites (tertiary alicyclic amines) is 1. The Kier molecular flexibility index (Phi) is 5.72. The van der Waals surface area contributed by atoms with Crippen LogP contribution in [0.3, 0.4) is 0 Å². The van der Waals surface area contributed by atoms with Gasteiger partial charge in [0, 0.05) is 19.5 Å². The van der Waals surface area contributed by atoms with Crippen molar-refractivity contribution in [1.29, 1.82) is 0 Å². The third-order valence-electron chi connectivity index (χ3n) is 3.66. The molecule has 2 amide bonds. The first-order chi connectivity index (χ1) is 8.82. The van der Waals surface area contributed by atoms with Crippen molar-refractivity contribution in [1.82, 2.24) is 4.90 Å². The summed E-state index contributed by atoms with van der Waals surface area (Å²) in [7, 11) is 0. The van der Waals surface area contributed by atoms with Gasteiger partial charge in [-0.3, -0.25) is 9.59 Å². The fourth-order valence-corrected chi connectivity index (χ4v) is 2.95. The highest BCUT2D eigenvalue weighted by Gasteiger charge is 2.31. The monoisotopic (exact) mass is 285 g/mol. The summed E-state index contributed by atoms with van der Waals surface area (Å²) in [5.74, 6) is -0.243. The number of hydrogen-bond acceptors (Lipinski definition) is 3. The summed E-state index contributed by atoms with van der Waals surface area (Å²) in [6.45, 7) is 5.20. The molecule has 6 heteroatoms. The van der Waals surface area contributed by atoms with Crippen molar-refractivity contribution in [2.45, 2.75) is 33.1 Å². The molecule has 1 saturated heterocycles. The SMILES string of the molecule is CC(C)C(C(=O)N1CCC(CC(N)=O)CC1)C(N)=S. The Hall–Kier alpha value is -1.17. The second-order valence-electron chi connectivity index (χ2n) is 5.56. The zero-order chi connectivity index (χ0) is 14.6. The molecule has 5 nitrogen and oxygen atoms in total. The van der Waals surface area contributed by atoms with E-state index < -0.39 is 0 Å². The van der Waals surface area contributed by atoms with E-state index in [4.69, 9.17) is 23.7 Å². The molecule has 0 saturated carbocycles. The van der Waals surface area contributed by atoms with Crippen LogP contribution in [0.4, 0.5) is 0 Å². The lowest BCUT2D eigenvalue weighted by Gasteiger charge is -2.34. The molecule has 108 valence electrons. The summed E-state index contributed by atoms with van der Waals surface area (Å²) in [5.41, 5.74) is 10.9. The van der Waals surface area contributed by atoms with Crippen molar-refractivity contribution in [3.05, 3.63) is 0 Å². The maximum absolute atomic E-state index is 12.4. The quantitative estimate of drug-likeness (QED) is 0.726. The summed E-state index contributed by atoms with van der Waals surface area (Å²) >= 11 is 4.99. The van der Waals surface area contributed by atoms with E-state index in [-0.39, 0.29) is 28.6 Å². The minimum absolute atomic E-state index is 0.0139. The minimum atomic E-state index is -0.386. The van der Waals surface area contributed by atoms with Gasteiger partial charge in [-0.15, -0.1) is 0 Å². The normalized spacial score (nSPS) is 18.4. The van der Waals surface area contributed by atoms with Gasteiger partial charge in [-0.25, -0.2) is 0 Å². The molecule has 19 heavy (non-hydrogen) atoms. The van der Waals surface area contributed by atoms with Gasteiger partial charge in [0.05, 0.1) is 10.9 Å². The zero-order valence-electron chi connectivity index (χ0n) is 11.6. The van der Waals surface area contributed by atoms with E-state index in [9.17, 15) is 9.59 Å². The van der Waals surface area contributed by atoms with Gasteiger partial charge in [0.15, 0.2) is 0 Å². The fourth-order valence-electron chi connectivity index (χ4n) is 2.57. The average Bonchev–Trinajstić information content (AvgIpc) is 2.27. The third-order valence-corrected chi connectivity index (χ3v) is 3.91. The molecule has 0 bridgehead atoms. The number of carbonyl (C=O) groups is 2. The van der Waals surface area contributed by atoms with Crippen molar-refractivity contribution in [2.24, 2.45) is 29.2 Å². The van der Waals surface area contributed by atoms with Crippen molar-refractivity contribution < 1.29 is 9.59 Å². The first-order valence-corrected chi connectivity index (χ1v) is 7.10. The number of piperidine rings is 1. The predicted octanol–water partition coefficient (Wildman–Crippen LogP) is 0.659. The number of nitrogens with two attached hydrogens (primary N) is 2. The summed E-state index contributed by atoms with van der Waals surface area (Å²) in [6.07, 6.45) is 2.04. The van der Waals surface area contributed by atoms with Crippen LogP contribution in [0.15, 0.2) is 0 Å². The molecule has 1 heterocycles. The van der Waals surface area contributed by atoms with Gasteiger partial charge in [0.2, 0.25) is 11.8 Å². The average molecular weight is 285 g/mol. The first-order valence-electron chi connectivity index (χ1n) is 6.69. The number of rotatable bonds is 5. The number of carbonyl (C=O) groups excluding carboxylic acids is 2. The largest absolute Gasteiger partial charge is 0.393 e. The number of thiocarbonyl (C=S) groups is 1. The molecule has 0 spiro atoms. The minimum Gasteiger partial charge on any atom is -0.393 e. The molecule has 0 aromatic heterocycles. The Balaban J connectivity index is 2.57. The number of hydrogen-bond donors (Lipinski definition) is 2. The van der Waals surface area contributed by atoms with Crippen molar-refractivity contribution in [3.63, 3.8) is 0 Å². The predicted molar refractivity (Wildman–Crippen MR) is 78.2 cm³/mol. The Bertz CT molecular complexity index is 363. The molecule has 0 aromatic rings. The molecule has 0 aromatic carbocycles. The number of amides is 2. The van der Waals surface area contributed by atoms with Gasteiger partial charge in [0.25, 0.3) is 0 Å². The summed E-state index contributed by atoms with van der Waals surface area (Å²) in [5, 5.41) is 0. The molecule has 1 rings (SSSR count). The maximum atomic E-state index is 12.4. The van der Waals surface area contributed by atoms with Crippen LogP contribution < -0.4 is 11.5 Å². The van der Waals surface area contributed by atoms with E-state index >= 15 is 0 Å². The molecular formula is C13H23N3O2S. The molecule has 1 unspecified atom stereocenters. The van der Waals surface area contributed by atoms with Crippen LogP contribution in [-0.4, -0.2) is 34.8 Å². The van der Waals surface area contributed by atoms with E-state index in [0.717, 1.165) is 12.8 Å². The summed E-state index contributed by atoms with van der Waals surface area (Å²) in [4.78, 5) is 25.3. The van der Waals surface area contributed by atoms with Crippen molar-refractivity contribution in [3.8, 4) is 0 Å². The van der Waals surface area contributed by atoms with Crippen LogP contribution in [0, 0.1) is 17.8 Å². The van der Waals surface area contributed by atoms with E-state index in [1.807, 2.05) is 13.8 Å². The standard InChI is InChI=1S/C13H23N3O2S/c1-8(2)11(12(15)19)13(18)16-5-3-9(4-6-16)7-10(14)17/h8-9,11H,3-7H2,1-2H3,(H2,14,17)(H2,15,19). The van der Waals surface area contributed by atoms with Crippen molar-refractivity contribution in [2.75, 3.05) is 13.1 Å². The van der Waals surface area contributed by atoms with Crippen LogP contribution >= 0.6 is 12.2 Å². The highest BCUT2D eigenvalue weighted by Crippen LogP contribution is 2.23. The second kappa shape index (κ2) is 6.84. The topological polar surface area (TPSA) is 89.4 Å². The maximum Gasteiger partial charge on any atom is 0.232 e. The van der Waals surface area contributed by atoms with E-state index in [0.29, 0.717) is 25.4 Å². The van der Waals surface area contributed by atoms with Crippen molar-refractivity contribution >= 4 is 29.0 Å². The zero-order valence-corrected chi connectivity index (χ0v) is 12.4. The second-order valence-corrected chi connectivity index (χ2v) is 6.03. The van der Waals surface area contributed by atoms with Crippen LogP contribution in [0.25, 0.3) is 0 Å². The fraction of sp³-hybridized carbons (Fsp3) is 0.769. The smallest absolute Gasteiger partial charge is 0.232 e. The molecule has 0 radical (unpaired) electrons.